The summed E-state index contributed by atoms with van der Waals surface area (Å²) in [5.74, 6) is 0. The number of aromatic nitrogens is 3. The number of benzene rings is 1. The molecule has 1 aromatic carbocycles. The molecular formula is C18H13Cl2N3O. The van der Waals surface area contributed by atoms with Gasteiger partial charge < -0.3 is 0 Å². The summed E-state index contributed by atoms with van der Waals surface area (Å²) in [6.07, 6.45) is 3.45. The van der Waals surface area contributed by atoms with Crippen LogP contribution in [0.25, 0.3) is 27.6 Å². The third-order valence-electron chi connectivity index (χ3n) is 3.86. The van der Waals surface area contributed by atoms with Gasteiger partial charge in [-0.2, -0.15) is 0 Å². The van der Waals surface area contributed by atoms with E-state index in [1.54, 1.807) is 18.5 Å². The predicted molar refractivity (Wildman–Crippen MR) is 98.5 cm³/mol. The van der Waals surface area contributed by atoms with Crippen LogP contribution in [-0.2, 0) is 0 Å². The van der Waals surface area contributed by atoms with Crippen molar-refractivity contribution >= 4 is 51.2 Å². The van der Waals surface area contributed by atoms with Crippen molar-refractivity contribution in [2.45, 2.75) is 6.92 Å². The van der Waals surface area contributed by atoms with E-state index in [0.717, 1.165) is 27.7 Å². The first-order valence-electron chi connectivity index (χ1n) is 7.18. The maximum absolute atomic E-state index is 11.7. The molecular weight excluding hydrogens is 345 g/mol. The molecule has 0 radical (unpaired) electrons. The second-order valence-corrected chi connectivity index (χ2v) is 5.70. The molecule has 3 aromatic heterocycles. The average molecular weight is 358 g/mol. The number of carbonyl (C=O) groups excluding carboxylic acids is 1. The van der Waals surface area contributed by atoms with Gasteiger partial charge in [0, 0.05) is 28.9 Å². The van der Waals surface area contributed by atoms with Crippen LogP contribution in [0.2, 0.25) is 0 Å². The van der Waals surface area contributed by atoms with E-state index in [0.29, 0.717) is 11.2 Å². The van der Waals surface area contributed by atoms with Gasteiger partial charge in [-0.3, -0.25) is 14.3 Å². The maximum atomic E-state index is 11.7. The SMILES string of the molecule is Cc1cc(-n2cc(C(=O)Cl)c3cccnc32)c2ccccc2n1.Cl. The van der Waals surface area contributed by atoms with Gasteiger partial charge in [0.25, 0.3) is 5.24 Å². The Balaban J connectivity index is 0.00000169. The Bertz CT molecular complexity index is 1070. The lowest BCUT2D eigenvalue weighted by atomic mass is 10.1. The Hall–Kier alpha value is -2.43. The number of para-hydroxylation sites is 1. The lowest BCUT2D eigenvalue weighted by molar-refractivity contribution is 0.108. The molecule has 4 aromatic rings. The number of nitrogens with zero attached hydrogens (tertiary/aromatic N) is 3. The molecule has 0 N–H and O–H groups in total. The molecule has 0 fully saturated rings. The quantitative estimate of drug-likeness (QED) is 0.489. The van der Waals surface area contributed by atoms with Crippen molar-refractivity contribution in [2.75, 3.05) is 0 Å². The van der Waals surface area contributed by atoms with Crippen LogP contribution in [0.4, 0.5) is 0 Å². The molecule has 0 bridgehead atoms. The van der Waals surface area contributed by atoms with Gasteiger partial charge in [0.1, 0.15) is 5.65 Å². The molecule has 0 aliphatic carbocycles. The van der Waals surface area contributed by atoms with Crippen LogP contribution >= 0.6 is 24.0 Å². The highest BCUT2D eigenvalue weighted by Gasteiger charge is 2.16. The molecule has 0 aliphatic heterocycles. The van der Waals surface area contributed by atoms with Gasteiger partial charge in [0.05, 0.1) is 16.8 Å². The summed E-state index contributed by atoms with van der Waals surface area (Å²) in [6.45, 7) is 1.95. The smallest absolute Gasteiger partial charge is 0.254 e. The molecule has 0 spiro atoms. The highest BCUT2D eigenvalue weighted by atomic mass is 35.5. The first kappa shape index (κ1) is 16.4. The van der Waals surface area contributed by atoms with Crippen molar-refractivity contribution < 1.29 is 4.79 Å². The summed E-state index contributed by atoms with van der Waals surface area (Å²) in [7, 11) is 0. The number of pyridine rings is 2. The molecule has 6 heteroatoms. The largest absolute Gasteiger partial charge is 0.300 e. The van der Waals surface area contributed by atoms with E-state index in [1.807, 2.05) is 47.9 Å². The number of fused-ring (bicyclic) bond motifs is 2. The Morgan fingerprint density at radius 3 is 2.67 bits per heavy atom. The highest BCUT2D eigenvalue weighted by Crippen LogP contribution is 2.28. The topological polar surface area (TPSA) is 47.8 Å². The monoisotopic (exact) mass is 357 g/mol. The van der Waals surface area contributed by atoms with Crippen molar-refractivity contribution in [3.05, 3.63) is 66.1 Å². The van der Waals surface area contributed by atoms with E-state index < -0.39 is 5.24 Å². The lowest BCUT2D eigenvalue weighted by Crippen LogP contribution is -1.97. The van der Waals surface area contributed by atoms with Crippen molar-refractivity contribution in [1.82, 2.24) is 14.5 Å². The van der Waals surface area contributed by atoms with E-state index in [1.165, 1.54) is 0 Å². The minimum absolute atomic E-state index is 0. The van der Waals surface area contributed by atoms with E-state index in [-0.39, 0.29) is 12.4 Å². The highest BCUT2D eigenvalue weighted by molar-refractivity contribution is 6.68. The van der Waals surface area contributed by atoms with Crippen LogP contribution in [-0.4, -0.2) is 19.8 Å². The number of hydrogen-bond donors (Lipinski definition) is 0. The summed E-state index contributed by atoms with van der Waals surface area (Å²) in [5, 5.41) is 1.25. The molecule has 4 rings (SSSR count). The van der Waals surface area contributed by atoms with Crippen LogP contribution in [0.5, 0.6) is 0 Å². The van der Waals surface area contributed by atoms with Crippen molar-refractivity contribution in [3.8, 4) is 5.69 Å². The molecule has 0 saturated heterocycles. The lowest BCUT2D eigenvalue weighted by Gasteiger charge is -2.10. The number of rotatable bonds is 2. The van der Waals surface area contributed by atoms with Crippen LogP contribution < -0.4 is 0 Å². The summed E-state index contributed by atoms with van der Waals surface area (Å²) >= 11 is 5.74. The Morgan fingerprint density at radius 1 is 1.12 bits per heavy atom. The zero-order valence-electron chi connectivity index (χ0n) is 12.7. The van der Waals surface area contributed by atoms with Crippen LogP contribution in [0.1, 0.15) is 16.1 Å². The van der Waals surface area contributed by atoms with E-state index in [2.05, 4.69) is 9.97 Å². The van der Waals surface area contributed by atoms with Crippen molar-refractivity contribution in [1.29, 1.82) is 0 Å². The Labute approximate surface area is 149 Å². The Kier molecular flexibility index (Phi) is 4.26. The molecule has 0 amide bonds. The molecule has 24 heavy (non-hydrogen) atoms. The van der Waals surface area contributed by atoms with Crippen molar-refractivity contribution in [2.24, 2.45) is 0 Å². The second kappa shape index (κ2) is 6.23. The molecule has 3 heterocycles. The predicted octanol–water partition coefficient (Wildman–Crippen LogP) is 4.68. The molecule has 0 atom stereocenters. The minimum atomic E-state index is -0.489. The number of carbonyl (C=O) groups is 1. The fourth-order valence-electron chi connectivity index (χ4n) is 2.88. The van der Waals surface area contributed by atoms with Gasteiger partial charge in [0.15, 0.2) is 0 Å². The molecule has 0 saturated carbocycles. The summed E-state index contributed by atoms with van der Waals surface area (Å²) in [6, 6.07) is 13.5. The fraction of sp³-hybridized carbons (Fsp3) is 0.0556. The second-order valence-electron chi connectivity index (χ2n) is 5.36. The van der Waals surface area contributed by atoms with Gasteiger partial charge in [-0.15, -0.1) is 12.4 Å². The normalized spacial score (nSPS) is 10.8. The van der Waals surface area contributed by atoms with Gasteiger partial charge in [-0.1, -0.05) is 18.2 Å². The summed E-state index contributed by atoms with van der Waals surface area (Å²) in [4.78, 5) is 20.7. The summed E-state index contributed by atoms with van der Waals surface area (Å²) in [5.41, 5.74) is 3.88. The van der Waals surface area contributed by atoms with Crippen molar-refractivity contribution in [3.63, 3.8) is 0 Å². The zero-order chi connectivity index (χ0) is 16.0. The van der Waals surface area contributed by atoms with Gasteiger partial charge in [-0.05, 0) is 42.8 Å². The first-order chi connectivity index (χ1) is 11.1. The molecule has 4 nitrogen and oxygen atoms in total. The fourth-order valence-corrected chi connectivity index (χ4v) is 3.03. The van der Waals surface area contributed by atoms with E-state index in [9.17, 15) is 4.79 Å². The zero-order valence-corrected chi connectivity index (χ0v) is 14.3. The van der Waals surface area contributed by atoms with Gasteiger partial charge in [0.2, 0.25) is 0 Å². The maximum Gasteiger partial charge on any atom is 0.254 e. The van der Waals surface area contributed by atoms with Crippen LogP contribution in [0.3, 0.4) is 0 Å². The third kappa shape index (κ3) is 2.54. The summed E-state index contributed by atoms with van der Waals surface area (Å²) < 4.78 is 1.90. The first-order valence-corrected chi connectivity index (χ1v) is 7.55. The van der Waals surface area contributed by atoms with Crippen LogP contribution in [0, 0.1) is 6.92 Å². The van der Waals surface area contributed by atoms with Gasteiger partial charge in [-0.25, -0.2) is 4.98 Å². The molecule has 120 valence electrons. The minimum Gasteiger partial charge on any atom is -0.300 e. The standard InChI is InChI=1S/C18H12ClN3O.ClH/c1-11-9-16(13-5-2-3-7-15(13)21-11)22-10-14(17(19)23)12-6-4-8-20-18(12)22;/h2-10H,1H3;1H. The molecule has 0 aliphatic rings. The van der Waals surface area contributed by atoms with E-state index >= 15 is 0 Å². The van der Waals surface area contributed by atoms with Crippen LogP contribution in [0.15, 0.2) is 54.9 Å². The van der Waals surface area contributed by atoms with E-state index in [4.69, 9.17) is 11.6 Å². The molecule has 0 unspecified atom stereocenters. The number of hydrogen-bond acceptors (Lipinski definition) is 3. The number of aryl methyl sites for hydroxylation is 1. The average Bonchev–Trinajstić information content (AvgIpc) is 2.94. The van der Waals surface area contributed by atoms with Gasteiger partial charge >= 0.3 is 0 Å². The Morgan fingerprint density at radius 2 is 1.88 bits per heavy atom. The number of halogens is 2. The third-order valence-corrected chi connectivity index (χ3v) is 4.06.